The molecule has 1 heterocycles. The largest absolute Gasteiger partial charge is 0.452 e. The van der Waals surface area contributed by atoms with Gasteiger partial charge in [0.05, 0.1) is 29.2 Å². The second-order valence-electron chi connectivity index (χ2n) is 5.52. The van der Waals surface area contributed by atoms with E-state index in [-0.39, 0.29) is 11.3 Å². The smallest absolute Gasteiger partial charge is 0.338 e. The highest BCUT2D eigenvalue weighted by Gasteiger charge is 2.13. The number of carbonyl (C=O) groups is 2. The van der Waals surface area contributed by atoms with E-state index in [0.717, 1.165) is 18.0 Å². The molecule has 0 aliphatic heterocycles. The molecule has 0 unspecified atom stereocenters. The Morgan fingerprint density at radius 3 is 2.70 bits per heavy atom. The Morgan fingerprint density at radius 2 is 1.93 bits per heavy atom. The van der Waals surface area contributed by atoms with Crippen molar-refractivity contribution in [2.45, 2.75) is 0 Å². The first-order valence-corrected chi connectivity index (χ1v) is 10.2. The first kappa shape index (κ1) is 18.7. The summed E-state index contributed by atoms with van der Waals surface area (Å²) in [6, 6.07) is 10.9. The summed E-state index contributed by atoms with van der Waals surface area (Å²) in [7, 11) is -3.47. The van der Waals surface area contributed by atoms with E-state index in [1.165, 1.54) is 24.3 Å². The molecule has 0 saturated heterocycles. The molecule has 27 heavy (non-hydrogen) atoms. The Morgan fingerprint density at radius 1 is 1.15 bits per heavy atom. The highest BCUT2D eigenvalue weighted by atomic mass is 32.2. The second kappa shape index (κ2) is 7.68. The topological polar surface area (TPSA) is 127 Å². The van der Waals surface area contributed by atoms with Gasteiger partial charge >= 0.3 is 5.97 Å². The molecule has 140 valence electrons. The van der Waals surface area contributed by atoms with E-state index >= 15 is 0 Å². The third kappa shape index (κ3) is 4.99. The van der Waals surface area contributed by atoms with Gasteiger partial charge in [-0.3, -0.25) is 9.52 Å². The maximum Gasteiger partial charge on any atom is 0.338 e. The van der Waals surface area contributed by atoms with Crippen LogP contribution in [-0.2, 0) is 19.6 Å². The van der Waals surface area contributed by atoms with Crippen LogP contribution in [0.1, 0.15) is 10.4 Å². The van der Waals surface area contributed by atoms with Gasteiger partial charge in [0.1, 0.15) is 11.0 Å². The maximum absolute atomic E-state index is 12.1. The Kier molecular flexibility index (Phi) is 5.33. The Labute approximate surface area is 158 Å². The molecule has 3 rings (SSSR count). The summed E-state index contributed by atoms with van der Waals surface area (Å²) >= 11 is 1.03. The standard InChI is InChI=1S/C16H14N4O5S2/c1-27(23,24)20-11-5-2-4-10(8-11)16(22)25-9-14(21)17-12-6-3-7-13-15(12)19-26-18-13/h2-8,20H,9H2,1H3,(H,17,21). The van der Waals surface area contributed by atoms with Crippen molar-refractivity contribution in [3.8, 4) is 0 Å². The van der Waals surface area contributed by atoms with Crippen molar-refractivity contribution in [2.75, 3.05) is 22.9 Å². The predicted octanol–water partition coefficient (Wildman–Crippen LogP) is 1.86. The van der Waals surface area contributed by atoms with Crippen molar-refractivity contribution >= 4 is 56.0 Å². The van der Waals surface area contributed by atoms with Crippen LogP contribution in [0.15, 0.2) is 42.5 Å². The quantitative estimate of drug-likeness (QED) is 0.598. The minimum atomic E-state index is -3.47. The van der Waals surface area contributed by atoms with Crippen molar-refractivity contribution < 1.29 is 22.7 Å². The molecular formula is C16H14N4O5S2. The molecule has 2 N–H and O–H groups in total. The first-order chi connectivity index (χ1) is 12.8. The Hall–Kier alpha value is -3.05. The molecule has 0 aliphatic rings. The van der Waals surface area contributed by atoms with E-state index in [9.17, 15) is 18.0 Å². The van der Waals surface area contributed by atoms with Gasteiger partial charge in [-0.05, 0) is 30.3 Å². The number of amides is 1. The summed E-state index contributed by atoms with van der Waals surface area (Å²) in [5.41, 5.74) is 2.02. The number of sulfonamides is 1. The number of rotatable bonds is 6. The van der Waals surface area contributed by atoms with Crippen molar-refractivity contribution in [3.63, 3.8) is 0 Å². The maximum atomic E-state index is 12.1. The van der Waals surface area contributed by atoms with E-state index in [1.807, 2.05) is 0 Å². The Balaban J connectivity index is 1.61. The number of hydrogen-bond donors (Lipinski definition) is 2. The van der Waals surface area contributed by atoms with Crippen molar-refractivity contribution in [2.24, 2.45) is 0 Å². The van der Waals surface area contributed by atoms with Crippen LogP contribution < -0.4 is 10.0 Å². The molecule has 1 amide bonds. The number of benzene rings is 2. The monoisotopic (exact) mass is 406 g/mol. The lowest BCUT2D eigenvalue weighted by atomic mass is 10.2. The fourth-order valence-corrected chi connectivity index (χ4v) is 3.34. The van der Waals surface area contributed by atoms with Gasteiger partial charge in [0, 0.05) is 5.69 Å². The SMILES string of the molecule is CS(=O)(=O)Nc1cccc(C(=O)OCC(=O)Nc2cccc3nsnc23)c1. The molecule has 2 aromatic carbocycles. The molecule has 11 heteroatoms. The fourth-order valence-electron chi connectivity index (χ4n) is 2.23. The number of esters is 1. The van der Waals surface area contributed by atoms with E-state index in [0.29, 0.717) is 16.7 Å². The summed E-state index contributed by atoms with van der Waals surface area (Å²) in [6.45, 7) is -0.503. The lowest BCUT2D eigenvalue weighted by Gasteiger charge is -2.08. The van der Waals surface area contributed by atoms with E-state index in [1.54, 1.807) is 18.2 Å². The molecule has 0 saturated carbocycles. The van der Waals surface area contributed by atoms with Crippen LogP contribution in [0.5, 0.6) is 0 Å². The van der Waals surface area contributed by atoms with Gasteiger partial charge in [-0.25, -0.2) is 13.2 Å². The number of fused-ring (bicyclic) bond motifs is 1. The van der Waals surface area contributed by atoms with Gasteiger partial charge in [-0.2, -0.15) is 8.75 Å². The number of aromatic nitrogens is 2. The van der Waals surface area contributed by atoms with Crippen LogP contribution in [-0.4, -0.2) is 41.9 Å². The minimum absolute atomic E-state index is 0.113. The van der Waals surface area contributed by atoms with E-state index in [2.05, 4.69) is 18.8 Å². The number of anilines is 2. The van der Waals surface area contributed by atoms with Crippen LogP contribution in [0, 0.1) is 0 Å². The Bertz CT molecular complexity index is 1110. The molecule has 9 nitrogen and oxygen atoms in total. The molecule has 3 aromatic rings. The van der Waals surface area contributed by atoms with Crippen molar-refractivity contribution in [3.05, 3.63) is 48.0 Å². The predicted molar refractivity (Wildman–Crippen MR) is 101 cm³/mol. The molecule has 0 radical (unpaired) electrons. The molecule has 0 aliphatic carbocycles. The highest BCUT2D eigenvalue weighted by molar-refractivity contribution is 7.92. The van der Waals surface area contributed by atoms with E-state index in [4.69, 9.17) is 4.74 Å². The lowest BCUT2D eigenvalue weighted by molar-refractivity contribution is -0.119. The normalized spacial score (nSPS) is 11.1. The molecular weight excluding hydrogens is 392 g/mol. The average Bonchev–Trinajstić information content (AvgIpc) is 3.08. The molecule has 0 fully saturated rings. The average molecular weight is 406 g/mol. The zero-order chi connectivity index (χ0) is 19.4. The van der Waals surface area contributed by atoms with Gasteiger partial charge in [0.15, 0.2) is 6.61 Å². The van der Waals surface area contributed by atoms with Gasteiger partial charge < -0.3 is 10.1 Å². The molecule has 0 atom stereocenters. The van der Waals surface area contributed by atoms with Crippen LogP contribution in [0.4, 0.5) is 11.4 Å². The number of carbonyl (C=O) groups excluding carboxylic acids is 2. The summed E-state index contributed by atoms with van der Waals surface area (Å²) in [5.74, 6) is -1.29. The van der Waals surface area contributed by atoms with Crippen molar-refractivity contribution in [1.82, 2.24) is 8.75 Å². The molecule has 0 bridgehead atoms. The van der Waals surface area contributed by atoms with Gasteiger partial charge in [-0.15, -0.1) is 0 Å². The number of nitrogens with one attached hydrogen (secondary N) is 2. The van der Waals surface area contributed by atoms with Gasteiger partial charge in [-0.1, -0.05) is 12.1 Å². The summed E-state index contributed by atoms with van der Waals surface area (Å²) in [6.07, 6.45) is 1.00. The van der Waals surface area contributed by atoms with Gasteiger partial charge in [0.2, 0.25) is 10.0 Å². The lowest BCUT2D eigenvalue weighted by Crippen LogP contribution is -2.21. The summed E-state index contributed by atoms with van der Waals surface area (Å²) < 4.78 is 37.9. The zero-order valence-corrected chi connectivity index (χ0v) is 15.6. The third-order valence-corrected chi connectivity index (χ3v) is 4.45. The molecule has 1 aromatic heterocycles. The number of nitrogens with zero attached hydrogens (tertiary/aromatic N) is 2. The zero-order valence-electron chi connectivity index (χ0n) is 14.0. The minimum Gasteiger partial charge on any atom is -0.452 e. The summed E-state index contributed by atoms with van der Waals surface area (Å²) in [4.78, 5) is 24.1. The fraction of sp³-hybridized carbons (Fsp3) is 0.125. The highest BCUT2D eigenvalue weighted by Crippen LogP contribution is 2.21. The van der Waals surface area contributed by atoms with Gasteiger partial charge in [0.25, 0.3) is 5.91 Å². The second-order valence-corrected chi connectivity index (χ2v) is 7.79. The van der Waals surface area contributed by atoms with Crippen LogP contribution in [0.25, 0.3) is 11.0 Å². The number of ether oxygens (including phenoxy) is 1. The summed E-state index contributed by atoms with van der Waals surface area (Å²) in [5, 5.41) is 2.62. The first-order valence-electron chi connectivity index (χ1n) is 7.58. The molecule has 0 spiro atoms. The van der Waals surface area contributed by atoms with Crippen LogP contribution in [0.2, 0.25) is 0 Å². The van der Waals surface area contributed by atoms with E-state index < -0.39 is 28.5 Å². The third-order valence-electron chi connectivity index (χ3n) is 3.30. The number of hydrogen-bond acceptors (Lipinski definition) is 8. The van der Waals surface area contributed by atoms with Crippen molar-refractivity contribution in [1.29, 1.82) is 0 Å². The van der Waals surface area contributed by atoms with Crippen LogP contribution >= 0.6 is 11.7 Å². The van der Waals surface area contributed by atoms with Crippen LogP contribution in [0.3, 0.4) is 0 Å².